The molecule has 0 saturated carbocycles. The summed E-state index contributed by atoms with van der Waals surface area (Å²) in [6, 6.07) is 5.92. The SMILES string of the molecule is CC(O)C(=O)N1CCN(C(=O)c2cccc3c2CN(C)C3)CC1. The van der Waals surface area contributed by atoms with Gasteiger partial charge in [0.2, 0.25) is 0 Å². The molecule has 1 atom stereocenters. The predicted molar refractivity (Wildman–Crippen MR) is 85.8 cm³/mol. The molecule has 1 aromatic carbocycles. The van der Waals surface area contributed by atoms with Crippen LogP contribution in [0.25, 0.3) is 0 Å². The van der Waals surface area contributed by atoms with Crippen molar-refractivity contribution in [2.24, 2.45) is 0 Å². The Morgan fingerprint density at radius 3 is 2.39 bits per heavy atom. The molecular formula is C17H23N3O3. The maximum absolute atomic E-state index is 12.8. The molecule has 0 radical (unpaired) electrons. The van der Waals surface area contributed by atoms with Crippen molar-refractivity contribution in [1.82, 2.24) is 14.7 Å². The van der Waals surface area contributed by atoms with Gasteiger partial charge in [-0.15, -0.1) is 0 Å². The van der Waals surface area contributed by atoms with Gasteiger partial charge in [0.1, 0.15) is 6.10 Å². The zero-order valence-corrected chi connectivity index (χ0v) is 13.7. The Labute approximate surface area is 136 Å². The van der Waals surface area contributed by atoms with Crippen molar-refractivity contribution >= 4 is 11.8 Å². The van der Waals surface area contributed by atoms with Crippen LogP contribution < -0.4 is 0 Å². The maximum atomic E-state index is 12.8. The van der Waals surface area contributed by atoms with Crippen LogP contribution in [0.1, 0.15) is 28.4 Å². The molecule has 0 bridgehead atoms. The predicted octanol–water partition coefficient (Wildman–Crippen LogP) is 0.297. The number of carbonyl (C=O) groups excluding carboxylic acids is 2. The third-order valence-electron chi connectivity index (χ3n) is 4.61. The summed E-state index contributed by atoms with van der Waals surface area (Å²) in [6.45, 7) is 5.14. The van der Waals surface area contributed by atoms with Gasteiger partial charge in [-0.25, -0.2) is 0 Å². The molecule has 2 aliphatic rings. The summed E-state index contributed by atoms with van der Waals surface area (Å²) in [5.41, 5.74) is 3.13. The van der Waals surface area contributed by atoms with Crippen molar-refractivity contribution in [3.05, 3.63) is 34.9 Å². The van der Waals surface area contributed by atoms with Crippen LogP contribution in [0.4, 0.5) is 0 Å². The standard InChI is InChI=1S/C17H23N3O3/c1-12(21)16(22)19-6-8-20(9-7-19)17(23)14-5-3-4-13-10-18(2)11-15(13)14/h3-5,12,21H,6-11H2,1-2H3. The fourth-order valence-corrected chi connectivity index (χ4v) is 3.35. The minimum Gasteiger partial charge on any atom is -0.384 e. The first kappa shape index (κ1) is 16.0. The highest BCUT2D eigenvalue weighted by atomic mass is 16.3. The number of aliphatic hydroxyl groups excluding tert-OH is 1. The second-order valence-corrected chi connectivity index (χ2v) is 6.41. The van der Waals surface area contributed by atoms with E-state index in [4.69, 9.17) is 0 Å². The molecule has 124 valence electrons. The minimum absolute atomic E-state index is 0.0429. The molecule has 23 heavy (non-hydrogen) atoms. The van der Waals surface area contributed by atoms with Crippen molar-refractivity contribution in [3.63, 3.8) is 0 Å². The second-order valence-electron chi connectivity index (χ2n) is 6.41. The van der Waals surface area contributed by atoms with E-state index in [9.17, 15) is 14.7 Å². The summed E-state index contributed by atoms with van der Waals surface area (Å²) in [5.74, 6) is -0.222. The molecule has 6 heteroatoms. The topological polar surface area (TPSA) is 64.1 Å². The molecular weight excluding hydrogens is 294 g/mol. The number of hydrogen-bond donors (Lipinski definition) is 1. The summed E-state index contributed by atoms with van der Waals surface area (Å²) < 4.78 is 0. The lowest BCUT2D eigenvalue weighted by Gasteiger charge is -2.35. The smallest absolute Gasteiger partial charge is 0.254 e. The summed E-state index contributed by atoms with van der Waals surface area (Å²) in [6.07, 6.45) is -0.981. The van der Waals surface area contributed by atoms with Gasteiger partial charge >= 0.3 is 0 Å². The van der Waals surface area contributed by atoms with Crippen molar-refractivity contribution < 1.29 is 14.7 Å². The first-order chi connectivity index (χ1) is 11.0. The van der Waals surface area contributed by atoms with E-state index in [1.807, 2.05) is 12.1 Å². The molecule has 6 nitrogen and oxygen atoms in total. The van der Waals surface area contributed by atoms with Gasteiger partial charge in [-0.1, -0.05) is 12.1 Å². The average Bonchev–Trinajstić information content (AvgIpc) is 2.93. The normalized spacial score (nSPS) is 19.6. The second kappa shape index (κ2) is 6.29. The number of benzene rings is 1. The Bertz CT molecular complexity index is 622. The summed E-state index contributed by atoms with van der Waals surface area (Å²) in [4.78, 5) is 30.3. The Balaban J connectivity index is 1.70. The van der Waals surface area contributed by atoms with Crippen molar-refractivity contribution in [2.45, 2.75) is 26.1 Å². The van der Waals surface area contributed by atoms with E-state index in [0.717, 1.165) is 24.2 Å². The largest absolute Gasteiger partial charge is 0.384 e. The zero-order chi connectivity index (χ0) is 16.6. The lowest BCUT2D eigenvalue weighted by atomic mass is 10.0. The molecule has 0 aromatic heterocycles. The van der Waals surface area contributed by atoms with E-state index in [1.165, 1.54) is 12.5 Å². The van der Waals surface area contributed by atoms with Crippen molar-refractivity contribution in [3.8, 4) is 0 Å². The van der Waals surface area contributed by atoms with E-state index in [-0.39, 0.29) is 11.8 Å². The number of carbonyl (C=O) groups is 2. The van der Waals surface area contributed by atoms with Crippen molar-refractivity contribution in [2.75, 3.05) is 33.2 Å². The van der Waals surface area contributed by atoms with Crippen LogP contribution in [0.5, 0.6) is 0 Å². The molecule has 2 aliphatic heterocycles. The summed E-state index contributed by atoms with van der Waals surface area (Å²) in [7, 11) is 2.05. The average molecular weight is 317 g/mol. The molecule has 1 fully saturated rings. The number of fused-ring (bicyclic) bond motifs is 1. The Kier molecular flexibility index (Phi) is 4.37. The Hall–Kier alpha value is -1.92. The molecule has 0 aliphatic carbocycles. The molecule has 1 unspecified atom stereocenters. The molecule has 1 saturated heterocycles. The third kappa shape index (κ3) is 3.09. The first-order valence-electron chi connectivity index (χ1n) is 8.03. The highest BCUT2D eigenvalue weighted by Crippen LogP contribution is 2.26. The molecule has 1 aromatic rings. The number of nitrogens with zero attached hydrogens (tertiary/aromatic N) is 3. The van der Waals surface area contributed by atoms with Gasteiger partial charge < -0.3 is 14.9 Å². The van der Waals surface area contributed by atoms with E-state index in [0.29, 0.717) is 26.2 Å². The van der Waals surface area contributed by atoms with Crippen LogP contribution in [0.15, 0.2) is 18.2 Å². The van der Waals surface area contributed by atoms with Crippen LogP contribution in [0, 0.1) is 0 Å². The molecule has 1 N–H and O–H groups in total. The number of rotatable bonds is 2. The van der Waals surface area contributed by atoms with E-state index in [1.54, 1.807) is 9.80 Å². The van der Waals surface area contributed by atoms with Crippen LogP contribution in [0.2, 0.25) is 0 Å². The minimum atomic E-state index is -0.981. The Morgan fingerprint density at radius 1 is 1.09 bits per heavy atom. The maximum Gasteiger partial charge on any atom is 0.254 e. The number of aliphatic hydroxyl groups is 1. The van der Waals surface area contributed by atoms with Gasteiger partial charge in [0, 0.05) is 44.8 Å². The number of amides is 2. The highest BCUT2D eigenvalue weighted by molar-refractivity contribution is 5.96. The van der Waals surface area contributed by atoms with Crippen LogP contribution in [-0.4, -0.2) is 71.0 Å². The van der Waals surface area contributed by atoms with E-state index >= 15 is 0 Å². The van der Waals surface area contributed by atoms with Crippen molar-refractivity contribution in [1.29, 1.82) is 0 Å². The van der Waals surface area contributed by atoms with Gasteiger partial charge in [0.05, 0.1) is 0 Å². The fourth-order valence-electron chi connectivity index (χ4n) is 3.35. The quantitative estimate of drug-likeness (QED) is 0.852. The van der Waals surface area contributed by atoms with E-state index in [2.05, 4.69) is 18.0 Å². The van der Waals surface area contributed by atoms with Gasteiger partial charge in [0.25, 0.3) is 11.8 Å². The first-order valence-corrected chi connectivity index (χ1v) is 8.03. The summed E-state index contributed by atoms with van der Waals surface area (Å²) in [5, 5.41) is 9.38. The lowest BCUT2D eigenvalue weighted by Crippen LogP contribution is -2.52. The number of hydrogen-bond acceptors (Lipinski definition) is 4. The van der Waals surface area contributed by atoms with Gasteiger partial charge in [0.15, 0.2) is 0 Å². The van der Waals surface area contributed by atoms with Crippen LogP contribution in [-0.2, 0) is 17.9 Å². The third-order valence-corrected chi connectivity index (χ3v) is 4.61. The number of piperazine rings is 1. The fraction of sp³-hybridized carbons (Fsp3) is 0.529. The summed E-state index contributed by atoms with van der Waals surface area (Å²) >= 11 is 0. The molecule has 0 spiro atoms. The highest BCUT2D eigenvalue weighted by Gasteiger charge is 2.29. The van der Waals surface area contributed by atoms with E-state index < -0.39 is 6.10 Å². The van der Waals surface area contributed by atoms with Crippen LogP contribution >= 0.6 is 0 Å². The van der Waals surface area contributed by atoms with Gasteiger partial charge in [-0.3, -0.25) is 14.5 Å². The molecule has 3 rings (SSSR count). The van der Waals surface area contributed by atoms with Crippen LogP contribution in [0.3, 0.4) is 0 Å². The van der Waals surface area contributed by atoms with Gasteiger partial charge in [-0.05, 0) is 31.2 Å². The molecule has 2 amide bonds. The lowest BCUT2D eigenvalue weighted by molar-refractivity contribution is -0.140. The molecule has 2 heterocycles. The van der Waals surface area contributed by atoms with Gasteiger partial charge in [-0.2, -0.15) is 0 Å². The monoisotopic (exact) mass is 317 g/mol. The Morgan fingerprint density at radius 2 is 1.74 bits per heavy atom. The zero-order valence-electron chi connectivity index (χ0n) is 13.7.